The summed E-state index contributed by atoms with van der Waals surface area (Å²) in [7, 11) is 0. The molecule has 0 N–H and O–H groups in total. The smallest absolute Gasteiger partial charge is 0.235 e. The minimum Gasteiger partial charge on any atom is -0.309 e. The first-order valence-corrected chi connectivity index (χ1v) is 20.8. The quantitative estimate of drug-likeness (QED) is 0.164. The van der Waals surface area contributed by atoms with Crippen molar-refractivity contribution in [3.63, 3.8) is 0 Å². The van der Waals surface area contributed by atoms with Gasteiger partial charge in [0, 0.05) is 58.5 Å². The molecule has 4 heterocycles. The fourth-order valence-electron chi connectivity index (χ4n) is 9.41. The topological polar surface area (TPSA) is 35.6 Å². The largest absolute Gasteiger partial charge is 0.309 e. The number of aromatic nitrogens is 4. The van der Waals surface area contributed by atoms with Crippen LogP contribution in [0.2, 0.25) is 0 Å². The van der Waals surface area contributed by atoms with Crippen molar-refractivity contribution in [3.05, 3.63) is 194 Å². The number of benzene rings is 9. The first kappa shape index (κ1) is 32.5. The summed E-state index contributed by atoms with van der Waals surface area (Å²) in [6.07, 6.45) is 0. The molecule has 9 aromatic carbocycles. The van der Waals surface area contributed by atoms with Gasteiger partial charge in [-0.25, -0.2) is 9.97 Å². The van der Waals surface area contributed by atoms with Crippen molar-refractivity contribution >= 4 is 85.9 Å². The number of para-hydroxylation sites is 1. The van der Waals surface area contributed by atoms with Crippen LogP contribution in [-0.2, 0) is 0 Å². The van der Waals surface area contributed by atoms with Crippen molar-refractivity contribution in [3.8, 4) is 45.3 Å². The maximum Gasteiger partial charge on any atom is 0.235 e. The molecule has 0 bridgehead atoms. The molecule has 0 radical (unpaired) electrons. The fraction of sp³-hybridized carbons (Fsp3) is 0. The molecule has 0 spiro atoms. The van der Waals surface area contributed by atoms with Crippen LogP contribution in [0.3, 0.4) is 0 Å². The molecule has 0 fully saturated rings. The zero-order valence-electron chi connectivity index (χ0n) is 31.7. The van der Waals surface area contributed by atoms with Gasteiger partial charge in [0.1, 0.15) is 0 Å². The van der Waals surface area contributed by atoms with Crippen molar-refractivity contribution < 1.29 is 0 Å². The molecule has 0 atom stereocenters. The van der Waals surface area contributed by atoms with E-state index in [9.17, 15) is 0 Å². The van der Waals surface area contributed by atoms with Crippen molar-refractivity contribution in [2.24, 2.45) is 0 Å². The molecule has 0 aliphatic heterocycles. The number of hydrogen-bond donors (Lipinski definition) is 0. The van der Waals surface area contributed by atoms with Gasteiger partial charge in [-0.3, -0.25) is 4.57 Å². The molecule has 59 heavy (non-hydrogen) atoms. The van der Waals surface area contributed by atoms with Gasteiger partial charge in [0.2, 0.25) is 5.95 Å². The van der Waals surface area contributed by atoms with Gasteiger partial charge >= 0.3 is 0 Å². The van der Waals surface area contributed by atoms with Gasteiger partial charge in [0.15, 0.2) is 0 Å². The zero-order valence-corrected chi connectivity index (χ0v) is 32.5. The highest BCUT2D eigenvalue weighted by Gasteiger charge is 2.21. The van der Waals surface area contributed by atoms with Crippen LogP contribution in [0.1, 0.15) is 0 Å². The third-order valence-electron chi connectivity index (χ3n) is 12.1. The van der Waals surface area contributed by atoms with Gasteiger partial charge in [-0.1, -0.05) is 127 Å². The molecule has 0 unspecified atom stereocenters. The summed E-state index contributed by atoms with van der Waals surface area (Å²) >= 11 is 1.86. The Morgan fingerprint density at radius 2 is 1.00 bits per heavy atom. The van der Waals surface area contributed by atoms with Crippen LogP contribution in [0.5, 0.6) is 0 Å². The van der Waals surface area contributed by atoms with Gasteiger partial charge < -0.3 is 4.57 Å². The van der Waals surface area contributed by atoms with E-state index in [-0.39, 0.29) is 0 Å². The minimum atomic E-state index is 0.649. The van der Waals surface area contributed by atoms with E-state index in [0.29, 0.717) is 5.95 Å². The SMILES string of the molecule is c1ccc(-c2cc(-c3ccccc3)nc(-n3c4ccccc4c4cc(-c5cc6ccc7cccc8c7c6c(c5)n8-c5ccc6sc7ccccc7c6c5)ccc43)n2)cc1. The molecular formula is C54H32N4S. The van der Waals surface area contributed by atoms with Crippen LogP contribution >= 0.6 is 11.3 Å². The molecule has 4 nitrogen and oxygen atoms in total. The number of nitrogens with zero attached hydrogens (tertiary/aromatic N) is 4. The Morgan fingerprint density at radius 3 is 1.81 bits per heavy atom. The van der Waals surface area contributed by atoms with Crippen LogP contribution in [0.25, 0.3) is 120 Å². The Hall–Kier alpha value is -7.60. The van der Waals surface area contributed by atoms with Crippen LogP contribution < -0.4 is 0 Å². The molecular weight excluding hydrogens is 737 g/mol. The Bertz CT molecular complexity index is 3720. The summed E-state index contributed by atoms with van der Waals surface area (Å²) < 4.78 is 7.34. The molecule has 13 aromatic rings. The first-order valence-electron chi connectivity index (χ1n) is 20.0. The summed E-state index contributed by atoms with van der Waals surface area (Å²) in [6, 6.07) is 70.1. The second-order valence-corrected chi connectivity index (χ2v) is 16.5. The fourth-order valence-corrected chi connectivity index (χ4v) is 10.5. The highest BCUT2D eigenvalue weighted by atomic mass is 32.1. The first-order chi connectivity index (χ1) is 29.2. The Balaban J connectivity index is 1.03. The van der Waals surface area contributed by atoms with Crippen molar-refractivity contribution in [2.75, 3.05) is 0 Å². The van der Waals surface area contributed by atoms with Crippen molar-refractivity contribution in [2.45, 2.75) is 0 Å². The molecule has 274 valence electrons. The lowest BCUT2D eigenvalue weighted by molar-refractivity contribution is 0.995. The molecule has 4 aromatic heterocycles. The summed E-state index contributed by atoms with van der Waals surface area (Å²) in [5.74, 6) is 0.649. The summed E-state index contributed by atoms with van der Waals surface area (Å²) in [6.45, 7) is 0. The average Bonchev–Trinajstić information content (AvgIpc) is 3.96. The van der Waals surface area contributed by atoms with Gasteiger partial charge in [-0.05, 0) is 88.6 Å². The van der Waals surface area contributed by atoms with E-state index in [1.54, 1.807) is 0 Å². The third-order valence-corrected chi connectivity index (χ3v) is 13.2. The van der Waals surface area contributed by atoms with Crippen molar-refractivity contribution in [1.29, 1.82) is 0 Å². The predicted molar refractivity (Wildman–Crippen MR) is 249 cm³/mol. The Labute approximate surface area is 342 Å². The second-order valence-electron chi connectivity index (χ2n) is 15.4. The lowest BCUT2D eigenvalue weighted by atomic mass is 9.96. The molecule has 13 rings (SSSR count). The van der Waals surface area contributed by atoms with E-state index in [2.05, 4.69) is 191 Å². The molecule has 0 saturated heterocycles. The van der Waals surface area contributed by atoms with E-state index in [0.717, 1.165) is 49.9 Å². The Kier molecular flexibility index (Phi) is 6.85. The number of rotatable bonds is 5. The summed E-state index contributed by atoms with van der Waals surface area (Å²) in [5, 5.41) is 10.1. The van der Waals surface area contributed by atoms with E-state index < -0.39 is 0 Å². The maximum absolute atomic E-state index is 5.25. The van der Waals surface area contributed by atoms with Crippen LogP contribution in [-0.4, -0.2) is 19.1 Å². The van der Waals surface area contributed by atoms with E-state index in [1.165, 1.54) is 64.0 Å². The van der Waals surface area contributed by atoms with Gasteiger partial charge in [0.25, 0.3) is 0 Å². The standard InChI is InChI=1S/C54H32N4S/c1-3-12-33(13-4-1)44-32-45(34-14-5-2-6-15-34)56-54(55-44)58-46-19-9-7-17-40(46)42-29-36(24-26-47(42)58)38-28-37-23-22-35-16-11-20-48-52(35)53(37)49(30-38)57(48)39-25-27-51-43(31-39)41-18-8-10-21-50(41)59-51/h1-32H. The number of fused-ring (bicyclic) bond motifs is 6. The van der Waals surface area contributed by atoms with Gasteiger partial charge in [-0.2, -0.15) is 0 Å². The molecule has 0 saturated carbocycles. The van der Waals surface area contributed by atoms with Gasteiger partial charge in [-0.15, -0.1) is 11.3 Å². The second kappa shape index (κ2) is 12.4. The van der Waals surface area contributed by atoms with E-state index >= 15 is 0 Å². The number of hydrogen-bond acceptors (Lipinski definition) is 3. The molecule has 0 aliphatic carbocycles. The van der Waals surface area contributed by atoms with Crippen LogP contribution in [0.4, 0.5) is 0 Å². The molecule has 0 aliphatic rings. The normalized spacial score (nSPS) is 12.1. The number of thiophene rings is 1. The Morgan fingerprint density at radius 1 is 0.339 bits per heavy atom. The lowest BCUT2D eigenvalue weighted by Crippen LogP contribution is -2.03. The van der Waals surface area contributed by atoms with Gasteiger partial charge in [0.05, 0.1) is 33.5 Å². The molecule has 5 heteroatoms. The highest BCUT2D eigenvalue weighted by molar-refractivity contribution is 7.25. The minimum absolute atomic E-state index is 0.649. The van der Waals surface area contributed by atoms with Crippen molar-refractivity contribution in [1.82, 2.24) is 19.1 Å². The van der Waals surface area contributed by atoms with E-state index in [1.807, 2.05) is 23.5 Å². The molecule has 0 amide bonds. The summed E-state index contributed by atoms with van der Waals surface area (Å²) in [4.78, 5) is 10.5. The van der Waals surface area contributed by atoms with Crippen LogP contribution in [0.15, 0.2) is 194 Å². The predicted octanol–water partition coefficient (Wildman–Crippen LogP) is 14.6. The highest BCUT2D eigenvalue weighted by Crippen LogP contribution is 2.44. The van der Waals surface area contributed by atoms with Crippen LogP contribution in [0, 0.1) is 0 Å². The summed E-state index contributed by atoms with van der Waals surface area (Å²) in [5.41, 5.74) is 12.0. The third kappa shape index (κ3) is 4.89. The average molecular weight is 769 g/mol. The maximum atomic E-state index is 5.25. The monoisotopic (exact) mass is 768 g/mol. The van der Waals surface area contributed by atoms with E-state index in [4.69, 9.17) is 9.97 Å². The zero-order chi connectivity index (χ0) is 38.6. The lowest BCUT2D eigenvalue weighted by Gasteiger charge is -2.12.